The van der Waals surface area contributed by atoms with Crippen LogP contribution >= 0.6 is 34.8 Å². The molecule has 0 spiro atoms. The standard InChI is InChI=1S/C20H16Cl3N3O2/c1-11-17(20(28)26(24(11)2)12-7-4-3-5-8-12)25-18(16(23)19(25)27)15-13(21)9-6-10-14(15)22/h3-10,16,18H,1-2H3/t16-,18+/m1/s1. The Bertz CT molecular complexity index is 1120. The van der Waals surface area contributed by atoms with E-state index in [0.717, 1.165) is 0 Å². The van der Waals surface area contributed by atoms with Crippen molar-refractivity contribution in [3.8, 4) is 5.69 Å². The monoisotopic (exact) mass is 435 g/mol. The Hall–Kier alpha value is -2.21. The number of hydrogen-bond donors (Lipinski definition) is 0. The van der Waals surface area contributed by atoms with Crippen molar-refractivity contribution in [1.29, 1.82) is 0 Å². The van der Waals surface area contributed by atoms with Crippen LogP contribution in [-0.4, -0.2) is 20.6 Å². The summed E-state index contributed by atoms with van der Waals surface area (Å²) in [5.74, 6) is -0.353. The molecule has 0 radical (unpaired) electrons. The zero-order valence-corrected chi connectivity index (χ0v) is 17.3. The molecule has 0 N–H and O–H groups in total. The Labute approximate surface area is 176 Å². The zero-order valence-electron chi connectivity index (χ0n) is 15.1. The minimum absolute atomic E-state index is 0.272. The number of alkyl halides is 1. The van der Waals surface area contributed by atoms with E-state index in [4.69, 9.17) is 34.8 Å². The second-order valence-corrected chi connectivity index (χ2v) is 7.88. The zero-order chi connectivity index (χ0) is 20.2. The highest BCUT2D eigenvalue weighted by molar-refractivity contribution is 6.40. The second kappa shape index (κ2) is 6.99. The van der Waals surface area contributed by atoms with E-state index in [-0.39, 0.29) is 17.2 Å². The molecule has 0 aliphatic carbocycles. The molecular formula is C20H16Cl3N3O2. The molecule has 5 nitrogen and oxygen atoms in total. The van der Waals surface area contributed by atoms with Crippen LogP contribution in [0.4, 0.5) is 5.69 Å². The van der Waals surface area contributed by atoms with Gasteiger partial charge in [0.15, 0.2) is 0 Å². The molecule has 28 heavy (non-hydrogen) atoms. The van der Waals surface area contributed by atoms with E-state index < -0.39 is 11.4 Å². The first kappa shape index (κ1) is 19.1. The fourth-order valence-corrected chi connectivity index (χ4v) is 4.57. The third kappa shape index (κ3) is 2.69. The van der Waals surface area contributed by atoms with Gasteiger partial charge in [-0.2, -0.15) is 0 Å². The molecule has 1 aromatic heterocycles. The first-order valence-electron chi connectivity index (χ1n) is 8.59. The second-order valence-electron chi connectivity index (χ2n) is 6.60. The maximum atomic E-state index is 13.3. The summed E-state index contributed by atoms with van der Waals surface area (Å²) in [6.07, 6.45) is 0. The fourth-order valence-electron chi connectivity index (χ4n) is 3.60. The van der Waals surface area contributed by atoms with Crippen LogP contribution < -0.4 is 10.5 Å². The highest BCUT2D eigenvalue weighted by atomic mass is 35.5. The minimum atomic E-state index is -0.846. The summed E-state index contributed by atoms with van der Waals surface area (Å²) in [7, 11) is 1.77. The molecule has 4 rings (SSSR count). The van der Waals surface area contributed by atoms with Crippen LogP contribution in [0.2, 0.25) is 10.0 Å². The van der Waals surface area contributed by atoms with Crippen molar-refractivity contribution >= 4 is 46.4 Å². The normalized spacial score (nSPS) is 19.0. The first-order valence-corrected chi connectivity index (χ1v) is 9.79. The van der Waals surface area contributed by atoms with Crippen molar-refractivity contribution in [3.63, 3.8) is 0 Å². The van der Waals surface area contributed by atoms with E-state index in [1.807, 2.05) is 30.3 Å². The van der Waals surface area contributed by atoms with Crippen LogP contribution in [0.15, 0.2) is 53.3 Å². The SMILES string of the molecule is Cc1c(N2C(=O)[C@H](Cl)[C@@H]2c2c(Cl)cccc2Cl)c(=O)n(-c2ccccc2)n1C. The van der Waals surface area contributed by atoms with E-state index in [1.54, 1.807) is 36.9 Å². The molecule has 3 aromatic rings. The molecule has 144 valence electrons. The highest BCUT2D eigenvalue weighted by Gasteiger charge is 2.51. The highest BCUT2D eigenvalue weighted by Crippen LogP contribution is 2.46. The number of amides is 1. The summed E-state index contributed by atoms with van der Waals surface area (Å²) in [5.41, 5.74) is 1.84. The van der Waals surface area contributed by atoms with Crippen LogP contribution in [-0.2, 0) is 11.8 Å². The number of anilines is 1. The predicted molar refractivity (Wildman–Crippen MR) is 112 cm³/mol. The van der Waals surface area contributed by atoms with E-state index in [2.05, 4.69) is 0 Å². The summed E-state index contributed by atoms with van der Waals surface area (Å²) >= 11 is 19.0. The lowest BCUT2D eigenvalue weighted by Gasteiger charge is -2.44. The number of rotatable bonds is 3. The van der Waals surface area contributed by atoms with Gasteiger partial charge in [0, 0.05) is 22.7 Å². The Morgan fingerprint density at radius 2 is 1.54 bits per heavy atom. The van der Waals surface area contributed by atoms with Crippen molar-refractivity contribution in [1.82, 2.24) is 9.36 Å². The lowest BCUT2D eigenvalue weighted by atomic mass is 9.92. The molecule has 1 aliphatic heterocycles. The summed E-state index contributed by atoms with van der Waals surface area (Å²) in [4.78, 5) is 27.4. The van der Waals surface area contributed by atoms with Gasteiger partial charge in [-0.15, -0.1) is 11.6 Å². The van der Waals surface area contributed by atoms with Gasteiger partial charge < -0.3 is 0 Å². The molecule has 2 atom stereocenters. The minimum Gasteiger partial charge on any atom is -0.295 e. The smallest absolute Gasteiger partial charge is 0.295 e. The van der Waals surface area contributed by atoms with Gasteiger partial charge in [-0.3, -0.25) is 19.2 Å². The molecule has 1 fully saturated rings. The fraction of sp³-hybridized carbons (Fsp3) is 0.200. The van der Waals surface area contributed by atoms with Crippen molar-refractivity contribution in [2.24, 2.45) is 7.05 Å². The van der Waals surface area contributed by atoms with Gasteiger partial charge in [0.2, 0.25) is 5.91 Å². The third-order valence-corrected chi connectivity index (χ3v) is 6.17. The largest absolute Gasteiger partial charge is 0.295 e. The number of β-lactam (4-membered cyclic amide) rings is 1. The van der Waals surface area contributed by atoms with Crippen molar-refractivity contribution in [2.75, 3.05) is 4.90 Å². The number of aromatic nitrogens is 2. The average molecular weight is 437 g/mol. The number of para-hydroxylation sites is 1. The van der Waals surface area contributed by atoms with Crippen LogP contribution in [0.25, 0.3) is 5.69 Å². The van der Waals surface area contributed by atoms with Gasteiger partial charge in [-0.05, 0) is 31.2 Å². The lowest BCUT2D eigenvalue weighted by Crippen LogP contribution is -2.58. The van der Waals surface area contributed by atoms with E-state index in [0.29, 0.717) is 27.0 Å². The van der Waals surface area contributed by atoms with Gasteiger partial charge in [0.05, 0.1) is 17.4 Å². The molecule has 1 amide bonds. The van der Waals surface area contributed by atoms with Crippen LogP contribution in [0, 0.1) is 6.92 Å². The lowest BCUT2D eigenvalue weighted by molar-refractivity contribution is -0.123. The summed E-state index contributed by atoms with van der Waals surface area (Å²) < 4.78 is 3.23. The van der Waals surface area contributed by atoms with Crippen LogP contribution in [0.1, 0.15) is 17.3 Å². The maximum Gasteiger partial charge on any atom is 0.295 e. The molecule has 8 heteroatoms. The van der Waals surface area contributed by atoms with Gasteiger partial charge in [-0.25, -0.2) is 4.68 Å². The van der Waals surface area contributed by atoms with Gasteiger partial charge in [-0.1, -0.05) is 47.5 Å². The predicted octanol–water partition coefficient (Wildman–Crippen LogP) is 4.49. The Kier molecular flexibility index (Phi) is 4.78. The van der Waals surface area contributed by atoms with Crippen molar-refractivity contribution in [2.45, 2.75) is 18.3 Å². The quantitative estimate of drug-likeness (QED) is 0.449. The first-order chi connectivity index (χ1) is 13.3. The number of hydrogen-bond acceptors (Lipinski definition) is 2. The molecule has 0 bridgehead atoms. The van der Waals surface area contributed by atoms with Crippen LogP contribution in [0.3, 0.4) is 0 Å². The molecular weight excluding hydrogens is 421 g/mol. The van der Waals surface area contributed by atoms with Crippen LogP contribution in [0.5, 0.6) is 0 Å². The summed E-state index contributed by atoms with van der Waals surface area (Å²) in [6.45, 7) is 1.79. The van der Waals surface area contributed by atoms with Gasteiger partial charge in [0.1, 0.15) is 11.1 Å². The summed E-state index contributed by atoms with van der Waals surface area (Å²) in [5, 5.41) is -0.0446. The number of benzene rings is 2. The molecule has 0 saturated carbocycles. The van der Waals surface area contributed by atoms with Crippen molar-refractivity contribution < 1.29 is 4.79 Å². The third-order valence-electron chi connectivity index (χ3n) is 5.09. The molecule has 0 unspecified atom stereocenters. The number of carbonyl (C=O) groups excluding carboxylic acids is 1. The molecule has 1 saturated heterocycles. The van der Waals surface area contributed by atoms with E-state index in [9.17, 15) is 9.59 Å². The average Bonchev–Trinajstić information content (AvgIpc) is 2.90. The Morgan fingerprint density at radius 3 is 2.14 bits per heavy atom. The molecule has 2 heterocycles. The van der Waals surface area contributed by atoms with Gasteiger partial charge >= 0.3 is 0 Å². The van der Waals surface area contributed by atoms with E-state index >= 15 is 0 Å². The maximum absolute atomic E-state index is 13.3. The Balaban J connectivity index is 1.90. The molecule has 2 aromatic carbocycles. The number of nitrogens with zero attached hydrogens (tertiary/aromatic N) is 3. The number of halogens is 3. The Morgan fingerprint density at radius 1 is 0.929 bits per heavy atom. The van der Waals surface area contributed by atoms with Gasteiger partial charge in [0.25, 0.3) is 5.56 Å². The number of carbonyl (C=O) groups is 1. The molecule has 1 aliphatic rings. The van der Waals surface area contributed by atoms with Crippen molar-refractivity contribution in [3.05, 3.63) is 80.2 Å². The summed E-state index contributed by atoms with van der Waals surface area (Å²) in [6, 6.07) is 13.7. The topological polar surface area (TPSA) is 47.2 Å². The van der Waals surface area contributed by atoms with E-state index in [1.165, 1.54) is 9.58 Å².